The van der Waals surface area contributed by atoms with Crippen molar-refractivity contribution in [3.8, 4) is 0 Å². The van der Waals surface area contributed by atoms with E-state index in [0.717, 1.165) is 12.3 Å². The van der Waals surface area contributed by atoms with Crippen LogP contribution in [0.2, 0.25) is 0 Å². The second-order valence-electron chi connectivity index (χ2n) is 2.93. The number of pyridine rings is 1. The Balaban J connectivity index is 2.12. The number of halogens is 1. The number of hydrogen-bond acceptors (Lipinski definition) is 4. The fourth-order valence-corrected chi connectivity index (χ4v) is 1.07. The molecule has 2 aromatic rings. The molecule has 0 aromatic carbocycles. The molecular formula is C10H7FN4O. The van der Waals surface area contributed by atoms with Crippen molar-refractivity contribution in [2.24, 2.45) is 0 Å². The molecule has 2 rings (SSSR count). The molecule has 0 aliphatic rings. The van der Waals surface area contributed by atoms with Crippen LogP contribution in [0.25, 0.3) is 0 Å². The maximum absolute atomic E-state index is 12.5. The first kappa shape index (κ1) is 10.2. The largest absolute Gasteiger partial charge is 0.305 e. The van der Waals surface area contributed by atoms with Crippen LogP contribution in [0.4, 0.5) is 10.2 Å². The minimum atomic E-state index is -0.629. The lowest BCUT2D eigenvalue weighted by Gasteiger charge is -2.02. The van der Waals surface area contributed by atoms with Gasteiger partial charge in [0.05, 0.1) is 5.56 Å². The van der Waals surface area contributed by atoms with Crippen molar-refractivity contribution in [2.75, 3.05) is 5.32 Å². The van der Waals surface area contributed by atoms with E-state index in [-0.39, 0.29) is 5.56 Å². The first-order valence-corrected chi connectivity index (χ1v) is 4.46. The lowest BCUT2D eigenvalue weighted by atomic mass is 10.2. The highest BCUT2D eigenvalue weighted by atomic mass is 19.1. The van der Waals surface area contributed by atoms with Gasteiger partial charge in [-0.05, 0) is 24.3 Å². The summed E-state index contributed by atoms with van der Waals surface area (Å²) in [6.07, 6.45) is 2.65. The van der Waals surface area contributed by atoms with Gasteiger partial charge in [0.15, 0.2) is 5.82 Å². The summed E-state index contributed by atoms with van der Waals surface area (Å²) < 4.78 is 12.5. The van der Waals surface area contributed by atoms with Gasteiger partial charge in [-0.1, -0.05) is 0 Å². The minimum absolute atomic E-state index is 0.257. The van der Waals surface area contributed by atoms with Gasteiger partial charge in [-0.2, -0.15) is 9.49 Å². The van der Waals surface area contributed by atoms with Crippen molar-refractivity contribution < 1.29 is 9.18 Å². The zero-order chi connectivity index (χ0) is 11.4. The topological polar surface area (TPSA) is 67.8 Å². The van der Waals surface area contributed by atoms with Crippen LogP contribution in [0.1, 0.15) is 10.4 Å². The first-order valence-electron chi connectivity index (χ1n) is 4.46. The van der Waals surface area contributed by atoms with Gasteiger partial charge in [-0.25, -0.2) is 4.98 Å². The van der Waals surface area contributed by atoms with Gasteiger partial charge in [0.2, 0.25) is 5.95 Å². The summed E-state index contributed by atoms with van der Waals surface area (Å²) in [7, 11) is 0. The van der Waals surface area contributed by atoms with Crippen molar-refractivity contribution in [1.82, 2.24) is 15.2 Å². The van der Waals surface area contributed by atoms with Gasteiger partial charge in [0.1, 0.15) is 0 Å². The van der Waals surface area contributed by atoms with E-state index < -0.39 is 11.9 Å². The lowest BCUT2D eigenvalue weighted by molar-refractivity contribution is 0.102. The van der Waals surface area contributed by atoms with E-state index in [1.165, 1.54) is 12.3 Å². The summed E-state index contributed by atoms with van der Waals surface area (Å²) in [4.78, 5) is 15.0. The highest BCUT2D eigenvalue weighted by Crippen LogP contribution is 2.04. The van der Waals surface area contributed by atoms with Crippen LogP contribution in [0.3, 0.4) is 0 Å². The Hall–Kier alpha value is -2.37. The number of nitrogens with zero attached hydrogens (tertiary/aromatic N) is 3. The summed E-state index contributed by atoms with van der Waals surface area (Å²) in [6.45, 7) is 0. The molecule has 0 spiro atoms. The van der Waals surface area contributed by atoms with E-state index >= 15 is 0 Å². The highest BCUT2D eigenvalue weighted by molar-refractivity contribution is 6.03. The number of amides is 1. The Bertz CT molecular complexity index is 486. The average molecular weight is 218 g/mol. The van der Waals surface area contributed by atoms with Crippen LogP contribution in [0.15, 0.2) is 36.7 Å². The normalized spacial score (nSPS) is 9.81. The Morgan fingerprint density at radius 3 is 2.81 bits per heavy atom. The summed E-state index contributed by atoms with van der Waals surface area (Å²) in [5.74, 6) is -0.708. The van der Waals surface area contributed by atoms with Crippen LogP contribution in [0, 0.1) is 5.95 Å². The zero-order valence-electron chi connectivity index (χ0n) is 8.09. The molecule has 1 amide bonds. The molecule has 6 heteroatoms. The molecule has 0 saturated carbocycles. The van der Waals surface area contributed by atoms with Crippen LogP contribution in [-0.2, 0) is 0 Å². The molecule has 1 N–H and O–H groups in total. The second-order valence-corrected chi connectivity index (χ2v) is 2.93. The van der Waals surface area contributed by atoms with Crippen molar-refractivity contribution in [3.63, 3.8) is 0 Å². The Morgan fingerprint density at radius 1 is 1.31 bits per heavy atom. The third kappa shape index (κ3) is 2.35. The van der Waals surface area contributed by atoms with Gasteiger partial charge in [-0.15, -0.1) is 5.10 Å². The summed E-state index contributed by atoms with van der Waals surface area (Å²) in [5.41, 5.74) is 0.257. The van der Waals surface area contributed by atoms with E-state index in [2.05, 4.69) is 20.5 Å². The average Bonchev–Trinajstić information content (AvgIpc) is 2.31. The summed E-state index contributed by atoms with van der Waals surface area (Å²) in [5, 5.41) is 9.79. The molecule has 0 radical (unpaired) electrons. The van der Waals surface area contributed by atoms with Crippen molar-refractivity contribution in [1.29, 1.82) is 0 Å². The number of carbonyl (C=O) groups is 1. The molecule has 0 aliphatic heterocycles. The Morgan fingerprint density at radius 2 is 2.19 bits per heavy atom. The third-order valence-corrected chi connectivity index (χ3v) is 1.80. The van der Waals surface area contributed by atoms with Crippen LogP contribution in [0.5, 0.6) is 0 Å². The fourth-order valence-electron chi connectivity index (χ4n) is 1.07. The molecule has 2 aromatic heterocycles. The van der Waals surface area contributed by atoms with Gasteiger partial charge in [-0.3, -0.25) is 4.79 Å². The molecule has 0 saturated heterocycles. The van der Waals surface area contributed by atoms with Gasteiger partial charge in [0.25, 0.3) is 5.91 Å². The number of nitrogens with one attached hydrogen (secondary N) is 1. The molecule has 0 fully saturated rings. The van der Waals surface area contributed by atoms with Gasteiger partial charge >= 0.3 is 0 Å². The number of hydrogen-bond donors (Lipinski definition) is 1. The van der Waals surface area contributed by atoms with E-state index in [9.17, 15) is 9.18 Å². The van der Waals surface area contributed by atoms with Crippen LogP contribution < -0.4 is 5.32 Å². The minimum Gasteiger partial charge on any atom is -0.305 e. The number of rotatable bonds is 2. The first-order chi connectivity index (χ1) is 7.75. The predicted molar refractivity (Wildman–Crippen MR) is 54.2 cm³/mol. The number of aromatic nitrogens is 3. The maximum atomic E-state index is 12.5. The molecule has 0 bridgehead atoms. The number of carbonyl (C=O) groups excluding carboxylic acids is 1. The zero-order valence-corrected chi connectivity index (χ0v) is 8.09. The predicted octanol–water partition coefficient (Wildman–Crippen LogP) is 1.26. The Kier molecular flexibility index (Phi) is 2.81. The Labute approximate surface area is 90.4 Å². The van der Waals surface area contributed by atoms with Crippen molar-refractivity contribution in [3.05, 3.63) is 48.2 Å². The smallest absolute Gasteiger partial charge is 0.258 e. The van der Waals surface area contributed by atoms with Crippen molar-refractivity contribution in [2.45, 2.75) is 0 Å². The van der Waals surface area contributed by atoms with Gasteiger partial charge in [0, 0.05) is 12.4 Å². The summed E-state index contributed by atoms with van der Waals surface area (Å²) >= 11 is 0. The highest BCUT2D eigenvalue weighted by Gasteiger charge is 2.07. The van der Waals surface area contributed by atoms with Crippen LogP contribution >= 0.6 is 0 Å². The molecule has 0 aliphatic carbocycles. The molecular weight excluding hydrogens is 211 g/mol. The third-order valence-electron chi connectivity index (χ3n) is 1.80. The van der Waals surface area contributed by atoms with E-state index in [0.29, 0.717) is 5.82 Å². The quantitative estimate of drug-likeness (QED) is 0.770. The second kappa shape index (κ2) is 4.43. The molecule has 80 valence electrons. The molecule has 0 unspecified atom stereocenters. The van der Waals surface area contributed by atoms with E-state index in [1.807, 2.05) is 0 Å². The monoisotopic (exact) mass is 218 g/mol. The summed E-state index contributed by atoms with van der Waals surface area (Å²) in [6, 6.07) is 5.70. The molecule has 0 atom stereocenters. The van der Waals surface area contributed by atoms with E-state index in [1.54, 1.807) is 12.1 Å². The standard InChI is InChI=1S/C10H7FN4O/c11-8-4-3-7(6-12-8)10(16)14-9-2-1-5-13-15-9/h1-6H,(H,14,15,16). The lowest BCUT2D eigenvalue weighted by Crippen LogP contribution is -2.13. The molecule has 16 heavy (non-hydrogen) atoms. The fraction of sp³-hybridized carbons (Fsp3) is 0. The van der Waals surface area contributed by atoms with Crippen LogP contribution in [-0.4, -0.2) is 21.1 Å². The SMILES string of the molecule is O=C(Nc1cccnn1)c1ccc(F)nc1. The van der Waals surface area contributed by atoms with Gasteiger partial charge < -0.3 is 5.32 Å². The molecule has 2 heterocycles. The van der Waals surface area contributed by atoms with E-state index in [4.69, 9.17) is 0 Å². The number of anilines is 1. The molecule has 5 nitrogen and oxygen atoms in total. The maximum Gasteiger partial charge on any atom is 0.258 e. The van der Waals surface area contributed by atoms with Crippen molar-refractivity contribution >= 4 is 11.7 Å².